The van der Waals surface area contributed by atoms with Crippen molar-refractivity contribution in [2.45, 2.75) is 64.7 Å². The second kappa shape index (κ2) is 17.5. The Labute approximate surface area is 301 Å². The van der Waals surface area contributed by atoms with Gasteiger partial charge < -0.3 is 29.2 Å². The fourth-order valence-electron chi connectivity index (χ4n) is 6.15. The molecule has 4 heterocycles. The molecule has 0 unspecified atom stereocenters. The highest BCUT2D eigenvalue weighted by atomic mass is 16.6. The molecule has 52 heavy (non-hydrogen) atoms. The molecule has 14 nitrogen and oxygen atoms in total. The minimum Gasteiger partial charge on any atom is -0.460 e. The molecule has 5 rings (SSSR count). The number of hydrogen-bond donors (Lipinski definition) is 3. The van der Waals surface area contributed by atoms with E-state index in [1.807, 2.05) is 24.3 Å². The molecule has 5 atom stereocenters. The lowest BCUT2D eigenvalue weighted by Gasteiger charge is -2.30. The number of benzene rings is 1. The van der Waals surface area contributed by atoms with Crippen molar-refractivity contribution in [3.63, 3.8) is 0 Å². The fourth-order valence-corrected chi connectivity index (χ4v) is 6.15. The number of carbonyl (C=O) groups excluding carboxylic acids is 5. The summed E-state index contributed by atoms with van der Waals surface area (Å²) in [6.45, 7) is 5.61. The third kappa shape index (κ3) is 10.2. The number of aliphatic hydroxyl groups excluding tert-OH is 1. The van der Waals surface area contributed by atoms with Crippen LogP contribution < -0.4 is 10.6 Å². The number of esters is 1. The largest absolute Gasteiger partial charge is 0.460 e. The molecule has 274 valence electrons. The third-order valence-electron chi connectivity index (χ3n) is 8.79. The van der Waals surface area contributed by atoms with Gasteiger partial charge in [-0.05, 0) is 37.3 Å². The molecule has 0 aliphatic carbocycles. The summed E-state index contributed by atoms with van der Waals surface area (Å²) in [5.74, 6) is -2.67. The maximum absolute atomic E-state index is 13.7. The highest BCUT2D eigenvalue weighted by Gasteiger charge is 2.39. The normalized spacial score (nSPS) is 25.2. The van der Waals surface area contributed by atoms with Crippen molar-refractivity contribution in [2.75, 3.05) is 25.0 Å². The van der Waals surface area contributed by atoms with Gasteiger partial charge in [-0.15, -0.1) is 0 Å². The van der Waals surface area contributed by atoms with E-state index in [2.05, 4.69) is 20.6 Å². The van der Waals surface area contributed by atoms with Crippen molar-refractivity contribution in [3.05, 3.63) is 90.3 Å². The Morgan fingerprint density at radius 2 is 1.96 bits per heavy atom. The fraction of sp³-hybridized carbons (Fsp3) is 0.395. The van der Waals surface area contributed by atoms with Gasteiger partial charge in [0.25, 0.3) is 5.91 Å². The molecular formula is C38H43N5O9. The number of ketones is 1. The van der Waals surface area contributed by atoms with E-state index in [0.717, 1.165) is 17.0 Å². The summed E-state index contributed by atoms with van der Waals surface area (Å²) < 4.78 is 17.0. The molecule has 2 bridgehead atoms. The van der Waals surface area contributed by atoms with Crippen LogP contribution in [0.15, 0.2) is 83.2 Å². The lowest BCUT2D eigenvalue weighted by molar-refractivity contribution is -0.159. The van der Waals surface area contributed by atoms with Crippen LogP contribution in [0.1, 0.15) is 56.4 Å². The van der Waals surface area contributed by atoms with E-state index in [1.54, 1.807) is 51.3 Å². The Kier molecular flexibility index (Phi) is 12.7. The van der Waals surface area contributed by atoms with Gasteiger partial charge in [-0.3, -0.25) is 19.7 Å². The van der Waals surface area contributed by atoms with Crippen LogP contribution in [-0.2, 0) is 30.3 Å². The first-order chi connectivity index (χ1) is 25.0. The average molecular weight is 714 g/mol. The number of allylic oxidation sites excluding steroid dienone is 2. The van der Waals surface area contributed by atoms with E-state index < -0.39 is 54.0 Å². The zero-order valence-electron chi connectivity index (χ0n) is 29.3. The highest BCUT2D eigenvalue weighted by Crippen LogP contribution is 2.26. The number of fused-ring (bicyclic) bond motifs is 4. The van der Waals surface area contributed by atoms with Crippen LogP contribution in [0.2, 0.25) is 0 Å². The van der Waals surface area contributed by atoms with Crippen LogP contribution in [0.25, 0.3) is 10.8 Å². The smallest absolute Gasteiger partial charge is 0.412 e. The molecule has 0 saturated carbocycles. The Bertz CT molecular complexity index is 1880. The first-order valence-electron chi connectivity index (χ1n) is 17.2. The van der Waals surface area contributed by atoms with Gasteiger partial charge in [0.15, 0.2) is 5.69 Å². The summed E-state index contributed by atoms with van der Waals surface area (Å²) in [6.07, 6.45) is 8.48. The van der Waals surface area contributed by atoms with Crippen molar-refractivity contribution >= 4 is 46.3 Å². The van der Waals surface area contributed by atoms with Crippen molar-refractivity contribution in [1.29, 1.82) is 0 Å². The number of nitrogens with one attached hydrogen (secondary N) is 2. The van der Waals surface area contributed by atoms with Crippen LogP contribution in [0.5, 0.6) is 0 Å². The highest BCUT2D eigenvalue weighted by molar-refractivity contribution is 5.95. The number of pyridine rings is 1. The predicted molar refractivity (Wildman–Crippen MR) is 190 cm³/mol. The molecule has 3 amide bonds. The number of carbonyl (C=O) groups is 5. The summed E-state index contributed by atoms with van der Waals surface area (Å²) in [5.41, 5.74) is 0.624. The van der Waals surface area contributed by atoms with E-state index in [4.69, 9.17) is 13.9 Å². The average Bonchev–Trinajstić information content (AvgIpc) is 3.80. The van der Waals surface area contributed by atoms with E-state index >= 15 is 0 Å². The number of oxazole rings is 1. The molecule has 1 aromatic carbocycles. The number of amides is 3. The summed E-state index contributed by atoms with van der Waals surface area (Å²) >= 11 is 0. The lowest BCUT2D eigenvalue weighted by Crippen LogP contribution is -2.44. The SMILES string of the molecule is CC1=C\[C@@H](O)CC(=O)Cc2nc(co2)C(=O)N2CCC[C@@H]2C(=O)O[C@H]([C@@H](C)COC(=O)Nc2cc3ccccc3cn2)[C@H](C)/C=C/C(=O)NC\C=C\1. The number of aliphatic hydroxyl groups is 1. The summed E-state index contributed by atoms with van der Waals surface area (Å²) in [7, 11) is 0. The Morgan fingerprint density at radius 1 is 1.17 bits per heavy atom. The van der Waals surface area contributed by atoms with Gasteiger partial charge in [0.05, 0.1) is 19.1 Å². The van der Waals surface area contributed by atoms with E-state index in [1.165, 1.54) is 17.1 Å². The van der Waals surface area contributed by atoms with Gasteiger partial charge in [-0.2, -0.15) is 0 Å². The summed E-state index contributed by atoms with van der Waals surface area (Å²) in [5, 5.41) is 17.6. The quantitative estimate of drug-likeness (QED) is 0.327. The van der Waals surface area contributed by atoms with Gasteiger partial charge in [0, 0.05) is 42.9 Å². The van der Waals surface area contributed by atoms with E-state index in [0.29, 0.717) is 24.2 Å². The van der Waals surface area contributed by atoms with Gasteiger partial charge in [-0.1, -0.05) is 68.0 Å². The molecule has 2 aliphatic heterocycles. The first kappa shape index (κ1) is 37.6. The number of aromatic nitrogens is 2. The van der Waals surface area contributed by atoms with E-state index in [-0.39, 0.29) is 49.9 Å². The molecule has 2 aromatic heterocycles. The van der Waals surface area contributed by atoms with Gasteiger partial charge in [0.2, 0.25) is 11.8 Å². The topological polar surface area (TPSA) is 190 Å². The Balaban J connectivity index is 1.32. The molecule has 1 saturated heterocycles. The molecule has 14 heteroatoms. The minimum atomic E-state index is -1.05. The zero-order valence-corrected chi connectivity index (χ0v) is 29.3. The number of nitrogens with zero attached hydrogens (tertiary/aromatic N) is 3. The summed E-state index contributed by atoms with van der Waals surface area (Å²) in [6, 6.07) is 8.38. The number of rotatable bonds is 4. The van der Waals surface area contributed by atoms with Gasteiger partial charge in [0.1, 0.15) is 30.0 Å². The van der Waals surface area contributed by atoms with Crippen LogP contribution in [0, 0.1) is 11.8 Å². The minimum absolute atomic E-state index is 0.0172. The molecule has 1 fully saturated rings. The Morgan fingerprint density at radius 3 is 2.77 bits per heavy atom. The van der Waals surface area contributed by atoms with Crippen LogP contribution in [0.3, 0.4) is 0 Å². The first-order valence-corrected chi connectivity index (χ1v) is 17.2. The maximum Gasteiger partial charge on any atom is 0.412 e. The van der Waals surface area contributed by atoms with Gasteiger partial charge >= 0.3 is 12.1 Å². The van der Waals surface area contributed by atoms with Crippen LogP contribution in [-0.4, -0.2) is 87.6 Å². The van der Waals surface area contributed by atoms with E-state index in [9.17, 15) is 29.1 Å². The van der Waals surface area contributed by atoms with Crippen LogP contribution in [0.4, 0.5) is 10.6 Å². The van der Waals surface area contributed by atoms with Crippen molar-refractivity contribution < 1.29 is 43.0 Å². The second-order valence-corrected chi connectivity index (χ2v) is 13.1. The molecule has 0 radical (unpaired) electrons. The Hall–Kier alpha value is -5.63. The molecule has 3 N–H and O–H groups in total. The monoisotopic (exact) mass is 713 g/mol. The number of hydrogen-bond acceptors (Lipinski definition) is 11. The van der Waals surface area contributed by atoms with Crippen molar-refractivity contribution in [1.82, 2.24) is 20.2 Å². The molecule has 3 aromatic rings. The standard InChI is InChI=1S/C38H43N5O9/c1-23-8-6-14-39-33(46)13-12-24(2)35(25(3)21-51-38(49)42-32-17-26-9-4-5-10-27(26)20-40-32)52-37(48)31-11-7-15-43(31)36(47)30-22-50-34(41-30)19-29(45)18-28(44)16-23/h4-6,8-10,12-13,16-17,20,22,24-25,28,31,35,44H,7,11,14-15,18-19,21H2,1-3H3,(H,39,46)(H,40,42,49)/b8-6+,13-12+,23-16+/t24-,25+,28-,31-,35+/m1/s1. The van der Waals surface area contributed by atoms with Gasteiger partial charge in [-0.25, -0.2) is 19.6 Å². The zero-order chi connectivity index (χ0) is 37.2. The third-order valence-corrected chi connectivity index (χ3v) is 8.79. The van der Waals surface area contributed by atoms with Crippen LogP contribution >= 0.6 is 0 Å². The van der Waals surface area contributed by atoms with Crippen molar-refractivity contribution in [2.24, 2.45) is 11.8 Å². The number of Topliss-reactive ketones (excluding diaryl/α,β-unsaturated/α-hetero) is 1. The molecular weight excluding hydrogens is 670 g/mol. The predicted octanol–water partition coefficient (Wildman–Crippen LogP) is 4.31. The number of anilines is 1. The second-order valence-electron chi connectivity index (χ2n) is 13.1. The lowest BCUT2D eigenvalue weighted by atomic mass is 9.93. The molecule has 0 spiro atoms. The van der Waals surface area contributed by atoms with Crippen molar-refractivity contribution in [3.8, 4) is 0 Å². The summed E-state index contributed by atoms with van der Waals surface area (Å²) in [4.78, 5) is 75.0. The number of cyclic esters (lactones) is 1. The maximum atomic E-state index is 13.7. The number of ether oxygens (including phenoxy) is 2. The molecule has 2 aliphatic rings.